The first-order valence-electron chi connectivity index (χ1n) is 4.63. The second-order valence-corrected chi connectivity index (χ2v) is 3.70. The summed E-state index contributed by atoms with van der Waals surface area (Å²) in [6, 6.07) is 0. The second kappa shape index (κ2) is 18.8. The van der Waals surface area contributed by atoms with E-state index in [2.05, 4.69) is 11.4 Å². The van der Waals surface area contributed by atoms with Crippen molar-refractivity contribution in [2.75, 3.05) is 6.61 Å². The van der Waals surface area contributed by atoms with Crippen LogP contribution in [0.1, 0.15) is 45.4 Å². The third kappa shape index (κ3) is 20.8. The minimum atomic E-state index is -2.68. The Bertz CT molecular complexity index is 125. The van der Waals surface area contributed by atoms with E-state index in [0.717, 1.165) is 12.8 Å². The quantitative estimate of drug-likeness (QED) is 0.414. The molecular formula is C8H21K2O3P. The maximum atomic E-state index is 10.1. The first-order valence-corrected chi connectivity index (χ1v) is 5.89. The molecule has 6 heteroatoms. The van der Waals surface area contributed by atoms with Crippen LogP contribution in [-0.4, -0.2) is 114 Å². The van der Waals surface area contributed by atoms with Gasteiger partial charge < -0.3 is 9.42 Å². The standard InChI is InChI=1S/C8H19O3P.2K.2H/c1-2-3-4-5-6-7-8-11-12(9)10;;;;/h12H,2-8H2,1H3,(H,9,10);;;;. The predicted octanol–water partition coefficient (Wildman–Crippen LogP) is 1.45. The summed E-state index contributed by atoms with van der Waals surface area (Å²) in [5.41, 5.74) is 0. The van der Waals surface area contributed by atoms with Crippen molar-refractivity contribution in [1.29, 1.82) is 0 Å². The molecule has 0 aliphatic rings. The van der Waals surface area contributed by atoms with E-state index in [4.69, 9.17) is 4.89 Å². The van der Waals surface area contributed by atoms with Crippen molar-refractivity contribution in [3.8, 4) is 0 Å². The number of unbranched alkanes of at least 4 members (excludes halogenated alkanes) is 5. The van der Waals surface area contributed by atoms with Crippen molar-refractivity contribution in [3.63, 3.8) is 0 Å². The van der Waals surface area contributed by atoms with E-state index >= 15 is 0 Å². The van der Waals surface area contributed by atoms with Gasteiger partial charge in [0, 0.05) is 0 Å². The summed E-state index contributed by atoms with van der Waals surface area (Å²) in [4.78, 5) is 8.32. The molecule has 0 rings (SSSR count). The molecule has 0 bridgehead atoms. The summed E-state index contributed by atoms with van der Waals surface area (Å²) in [5.74, 6) is 0. The van der Waals surface area contributed by atoms with E-state index in [-0.39, 0.29) is 103 Å². The number of hydrogen-bond donors (Lipinski definition) is 1. The molecule has 0 aromatic rings. The molecule has 0 saturated heterocycles. The zero-order chi connectivity index (χ0) is 9.23. The molecule has 1 N–H and O–H groups in total. The van der Waals surface area contributed by atoms with Gasteiger partial charge in [0.05, 0.1) is 6.61 Å². The van der Waals surface area contributed by atoms with E-state index in [1.807, 2.05) is 0 Å². The molecular weight excluding hydrogens is 253 g/mol. The van der Waals surface area contributed by atoms with Gasteiger partial charge >= 0.3 is 111 Å². The van der Waals surface area contributed by atoms with E-state index in [1.165, 1.54) is 25.7 Å². The van der Waals surface area contributed by atoms with Crippen molar-refractivity contribution < 1.29 is 14.0 Å². The zero-order valence-corrected chi connectivity index (χ0v) is 8.71. The molecule has 0 saturated carbocycles. The molecule has 0 aromatic heterocycles. The average Bonchev–Trinajstić information content (AvgIpc) is 2.02. The molecule has 0 aliphatic heterocycles. The maximum absolute atomic E-state index is 10.1. The Labute approximate surface area is 173 Å². The van der Waals surface area contributed by atoms with Crippen LogP contribution < -0.4 is 0 Å². The molecule has 0 aromatic carbocycles. The third-order valence-electron chi connectivity index (χ3n) is 1.72. The fourth-order valence-corrected chi connectivity index (χ4v) is 1.36. The summed E-state index contributed by atoms with van der Waals surface area (Å²) in [6.07, 6.45) is 7.03. The zero-order valence-electron chi connectivity index (χ0n) is 7.71. The Morgan fingerprint density at radius 1 is 1.07 bits per heavy atom. The van der Waals surface area contributed by atoms with Gasteiger partial charge in [-0.3, -0.25) is 4.57 Å². The molecule has 0 amide bonds. The van der Waals surface area contributed by atoms with Gasteiger partial charge in [0.2, 0.25) is 0 Å². The van der Waals surface area contributed by atoms with Crippen molar-refractivity contribution in [2.24, 2.45) is 0 Å². The first-order chi connectivity index (χ1) is 5.77. The van der Waals surface area contributed by atoms with E-state index in [1.54, 1.807) is 0 Å². The molecule has 0 aliphatic carbocycles. The van der Waals surface area contributed by atoms with Crippen LogP contribution in [0.3, 0.4) is 0 Å². The van der Waals surface area contributed by atoms with Gasteiger partial charge in [0.1, 0.15) is 0 Å². The summed E-state index contributed by atoms with van der Waals surface area (Å²) in [5, 5.41) is 0. The summed E-state index contributed by atoms with van der Waals surface area (Å²) < 4.78 is 14.6. The monoisotopic (exact) mass is 274 g/mol. The van der Waals surface area contributed by atoms with Gasteiger partial charge in [0.15, 0.2) is 0 Å². The normalized spacial score (nSPS) is 11.3. The van der Waals surface area contributed by atoms with Crippen LogP contribution in [0.2, 0.25) is 0 Å². The Kier molecular flexibility index (Phi) is 30.3. The molecule has 1 atom stereocenters. The van der Waals surface area contributed by atoms with E-state index < -0.39 is 8.25 Å². The van der Waals surface area contributed by atoms with Gasteiger partial charge in [0.25, 0.3) is 0 Å². The Morgan fingerprint density at radius 3 is 2.07 bits per heavy atom. The van der Waals surface area contributed by atoms with Crippen molar-refractivity contribution in [1.82, 2.24) is 0 Å². The van der Waals surface area contributed by atoms with Crippen LogP contribution in [0.25, 0.3) is 0 Å². The summed E-state index contributed by atoms with van der Waals surface area (Å²) >= 11 is 0. The molecule has 0 spiro atoms. The fraction of sp³-hybridized carbons (Fsp3) is 1.00. The third-order valence-corrected chi connectivity index (χ3v) is 2.17. The Balaban J connectivity index is -0.000000605. The average molecular weight is 274 g/mol. The van der Waals surface area contributed by atoms with Gasteiger partial charge in [-0.15, -0.1) is 0 Å². The minimum absolute atomic E-state index is 0. The summed E-state index contributed by atoms with van der Waals surface area (Å²) in [6.45, 7) is 2.61. The van der Waals surface area contributed by atoms with Crippen molar-refractivity contribution in [2.45, 2.75) is 45.4 Å². The molecule has 0 heterocycles. The van der Waals surface area contributed by atoms with Crippen LogP contribution in [-0.2, 0) is 9.09 Å². The van der Waals surface area contributed by atoms with Gasteiger partial charge in [-0.1, -0.05) is 39.0 Å². The predicted molar refractivity (Wildman–Crippen MR) is 64.8 cm³/mol. The van der Waals surface area contributed by atoms with Crippen molar-refractivity contribution in [3.05, 3.63) is 0 Å². The van der Waals surface area contributed by atoms with Crippen LogP contribution in [0.4, 0.5) is 0 Å². The molecule has 0 fully saturated rings. The first kappa shape index (κ1) is 22.6. The topological polar surface area (TPSA) is 46.5 Å². The summed E-state index contributed by atoms with van der Waals surface area (Å²) in [7, 11) is -2.68. The van der Waals surface area contributed by atoms with Crippen LogP contribution in [0, 0.1) is 0 Å². The van der Waals surface area contributed by atoms with Crippen molar-refractivity contribution >= 4 is 111 Å². The molecule has 0 radical (unpaired) electrons. The fourth-order valence-electron chi connectivity index (χ4n) is 1.04. The second-order valence-electron chi connectivity index (χ2n) is 2.88. The Morgan fingerprint density at radius 2 is 1.57 bits per heavy atom. The van der Waals surface area contributed by atoms with E-state index in [9.17, 15) is 4.57 Å². The van der Waals surface area contributed by atoms with Gasteiger partial charge in [-0.05, 0) is 6.42 Å². The molecule has 1 unspecified atom stereocenters. The van der Waals surface area contributed by atoms with Gasteiger partial charge in [-0.25, -0.2) is 0 Å². The van der Waals surface area contributed by atoms with Crippen LogP contribution >= 0.6 is 8.25 Å². The van der Waals surface area contributed by atoms with E-state index in [0.29, 0.717) is 6.61 Å². The van der Waals surface area contributed by atoms with Crippen LogP contribution in [0.15, 0.2) is 0 Å². The molecule has 78 valence electrons. The molecule has 3 nitrogen and oxygen atoms in total. The van der Waals surface area contributed by atoms with Gasteiger partial charge in [-0.2, -0.15) is 0 Å². The SMILES string of the molecule is CCCCCCCCO[PH](=O)O.[KH].[KH]. The number of rotatable bonds is 8. The molecule has 14 heavy (non-hydrogen) atoms. The van der Waals surface area contributed by atoms with Crippen LogP contribution in [0.5, 0.6) is 0 Å². The Hall–Kier alpha value is 3.42. The number of hydrogen-bond acceptors (Lipinski definition) is 2.